The number of hydrogen-bond acceptors (Lipinski definition) is 4. The Morgan fingerprint density at radius 3 is 2.50 bits per heavy atom. The Kier molecular flexibility index (Phi) is 4.59. The highest BCUT2D eigenvalue weighted by Crippen LogP contribution is 2.40. The smallest absolute Gasteiger partial charge is 0.269 e. The lowest BCUT2D eigenvalue weighted by Crippen LogP contribution is -2.42. The maximum atomic E-state index is 10.7. The van der Waals surface area contributed by atoms with E-state index in [1.165, 1.54) is 17.7 Å². The van der Waals surface area contributed by atoms with Gasteiger partial charge >= 0.3 is 0 Å². The highest BCUT2D eigenvalue weighted by atomic mass is 35.5. The number of rotatable bonds is 3. The molecule has 2 aromatic rings. The Morgan fingerprint density at radius 1 is 1.23 bits per heavy atom. The van der Waals surface area contributed by atoms with Crippen molar-refractivity contribution in [2.24, 2.45) is 4.99 Å². The molecule has 5 nitrogen and oxygen atoms in total. The first-order valence-corrected chi connectivity index (χ1v) is 8.62. The summed E-state index contributed by atoms with van der Waals surface area (Å²) in [6.45, 7) is 6.42. The molecule has 1 aliphatic heterocycles. The van der Waals surface area contributed by atoms with Gasteiger partial charge in [0.25, 0.3) is 5.69 Å². The number of hydrogen-bond donors (Lipinski definition) is 0. The number of nitro benzene ring substituents is 1. The van der Waals surface area contributed by atoms with Gasteiger partial charge < -0.3 is 4.90 Å². The third kappa shape index (κ3) is 3.35. The van der Waals surface area contributed by atoms with Crippen LogP contribution in [0.4, 0.5) is 17.1 Å². The van der Waals surface area contributed by atoms with Crippen molar-refractivity contribution in [1.29, 1.82) is 0 Å². The molecule has 0 amide bonds. The molecule has 0 fully saturated rings. The zero-order valence-electron chi connectivity index (χ0n) is 15.2. The zero-order valence-corrected chi connectivity index (χ0v) is 15.9. The fourth-order valence-electron chi connectivity index (χ4n) is 3.09. The van der Waals surface area contributed by atoms with E-state index in [4.69, 9.17) is 11.6 Å². The van der Waals surface area contributed by atoms with Crippen LogP contribution in [-0.4, -0.2) is 23.7 Å². The van der Waals surface area contributed by atoms with Gasteiger partial charge in [-0.05, 0) is 50.6 Å². The molecule has 0 atom stereocenters. The van der Waals surface area contributed by atoms with Crippen LogP contribution in [0.2, 0.25) is 5.02 Å². The third-order valence-corrected chi connectivity index (χ3v) is 5.08. The largest absolute Gasteiger partial charge is 0.365 e. The van der Waals surface area contributed by atoms with Gasteiger partial charge in [-0.25, -0.2) is 0 Å². The Bertz CT molecular complexity index is 931. The monoisotopic (exact) mass is 369 g/mol. The molecule has 0 spiro atoms. The van der Waals surface area contributed by atoms with Crippen LogP contribution < -0.4 is 4.90 Å². The van der Waals surface area contributed by atoms with Crippen molar-refractivity contribution >= 4 is 40.5 Å². The van der Waals surface area contributed by atoms with Crippen molar-refractivity contribution in [2.75, 3.05) is 11.9 Å². The fraction of sp³-hybridized carbons (Fsp3) is 0.250. The molecule has 0 aromatic heterocycles. The number of anilines is 1. The van der Waals surface area contributed by atoms with Gasteiger partial charge in [0.15, 0.2) is 0 Å². The summed E-state index contributed by atoms with van der Waals surface area (Å²) in [5.41, 5.74) is 4.83. The number of non-ortho nitro benzene ring substituents is 1. The molecule has 0 bridgehead atoms. The summed E-state index contributed by atoms with van der Waals surface area (Å²) in [7, 11) is 2.06. The van der Waals surface area contributed by atoms with E-state index in [0.717, 1.165) is 16.8 Å². The standard InChI is InChI=1S/C20H20ClN3O2/c1-13-11-20(2,3)23(4)19-10-18(21)14(9-17(13)19)12-22-15-5-7-16(8-6-15)24(25)26/h5-12H,1-4H3. The van der Waals surface area contributed by atoms with Gasteiger partial charge in [-0.3, -0.25) is 15.1 Å². The number of nitrogens with zero attached hydrogens (tertiary/aromatic N) is 3. The average Bonchev–Trinajstić information content (AvgIpc) is 2.58. The van der Waals surface area contributed by atoms with Crippen molar-refractivity contribution in [2.45, 2.75) is 26.3 Å². The van der Waals surface area contributed by atoms with Crippen molar-refractivity contribution in [3.8, 4) is 0 Å². The molecule has 0 unspecified atom stereocenters. The molecule has 0 aliphatic carbocycles. The van der Waals surface area contributed by atoms with Gasteiger partial charge in [0.2, 0.25) is 0 Å². The van der Waals surface area contributed by atoms with Gasteiger partial charge in [0, 0.05) is 42.2 Å². The van der Waals surface area contributed by atoms with Crippen LogP contribution in [0.15, 0.2) is 47.5 Å². The summed E-state index contributed by atoms with van der Waals surface area (Å²) >= 11 is 6.47. The summed E-state index contributed by atoms with van der Waals surface area (Å²) in [5.74, 6) is 0. The second-order valence-corrected chi connectivity index (χ2v) is 7.37. The predicted molar refractivity (Wildman–Crippen MR) is 108 cm³/mol. The van der Waals surface area contributed by atoms with E-state index in [1.807, 2.05) is 12.1 Å². The van der Waals surface area contributed by atoms with E-state index >= 15 is 0 Å². The molecule has 3 rings (SSSR count). The zero-order chi connectivity index (χ0) is 19.1. The Labute approximate surface area is 157 Å². The minimum absolute atomic E-state index is 0.0437. The number of allylic oxidation sites excluding steroid dienone is 1. The first-order chi connectivity index (χ1) is 12.2. The quantitative estimate of drug-likeness (QED) is 0.400. The molecule has 134 valence electrons. The average molecular weight is 370 g/mol. The van der Waals surface area contributed by atoms with Gasteiger partial charge in [0.1, 0.15) is 0 Å². The molecule has 2 aromatic carbocycles. The molecule has 0 saturated heterocycles. The summed E-state index contributed by atoms with van der Waals surface area (Å²) in [4.78, 5) is 16.9. The van der Waals surface area contributed by atoms with Crippen molar-refractivity contribution in [3.63, 3.8) is 0 Å². The molecular weight excluding hydrogens is 350 g/mol. The van der Waals surface area contributed by atoms with Gasteiger partial charge in [-0.15, -0.1) is 0 Å². The maximum Gasteiger partial charge on any atom is 0.269 e. The van der Waals surface area contributed by atoms with E-state index < -0.39 is 4.92 Å². The second kappa shape index (κ2) is 6.57. The fourth-order valence-corrected chi connectivity index (χ4v) is 3.30. The predicted octanol–water partition coefficient (Wildman–Crippen LogP) is 5.63. The lowest BCUT2D eigenvalue weighted by molar-refractivity contribution is -0.384. The molecule has 26 heavy (non-hydrogen) atoms. The van der Waals surface area contributed by atoms with E-state index in [2.05, 4.69) is 43.8 Å². The van der Waals surface area contributed by atoms with Crippen LogP contribution in [0, 0.1) is 10.1 Å². The van der Waals surface area contributed by atoms with Gasteiger partial charge in [0.05, 0.1) is 21.2 Å². The van der Waals surface area contributed by atoms with E-state index in [1.54, 1.807) is 18.3 Å². The number of nitro groups is 1. The topological polar surface area (TPSA) is 58.7 Å². The van der Waals surface area contributed by atoms with Crippen LogP contribution in [0.25, 0.3) is 5.57 Å². The summed E-state index contributed by atoms with van der Waals surface area (Å²) < 4.78 is 0. The lowest BCUT2D eigenvalue weighted by atomic mass is 9.88. The van der Waals surface area contributed by atoms with Crippen LogP contribution in [0.1, 0.15) is 31.9 Å². The lowest BCUT2D eigenvalue weighted by Gasteiger charge is -2.40. The molecule has 1 aliphatic rings. The number of likely N-dealkylation sites (N-methyl/N-ethyl adjacent to an activating group) is 1. The first-order valence-electron chi connectivity index (χ1n) is 8.25. The Balaban J connectivity index is 1.95. The minimum atomic E-state index is -0.430. The molecule has 0 radical (unpaired) electrons. The molecule has 0 N–H and O–H groups in total. The third-order valence-electron chi connectivity index (χ3n) is 4.75. The molecular formula is C20H20ClN3O2. The Hall–Kier alpha value is -2.66. The minimum Gasteiger partial charge on any atom is -0.365 e. The number of aliphatic imine (C=N–C) groups is 1. The summed E-state index contributed by atoms with van der Waals surface area (Å²) in [5, 5.41) is 11.3. The molecule has 1 heterocycles. The van der Waals surface area contributed by atoms with E-state index in [0.29, 0.717) is 10.7 Å². The summed E-state index contributed by atoms with van der Waals surface area (Å²) in [6, 6.07) is 10.1. The van der Waals surface area contributed by atoms with Crippen molar-refractivity contribution in [1.82, 2.24) is 0 Å². The summed E-state index contributed by atoms with van der Waals surface area (Å²) in [6.07, 6.45) is 3.93. The van der Waals surface area contributed by atoms with Crippen LogP contribution in [0.5, 0.6) is 0 Å². The number of halogens is 1. The van der Waals surface area contributed by atoms with Gasteiger partial charge in [-0.1, -0.05) is 17.7 Å². The molecule has 6 heteroatoms. The second-order valence-electron chi connectivity index (χ2n) is 6.96. The van der Waals surface area contributed by atoms with Crippen LogP contribution in [0.3, 0.4) is 0 Å². The maximum absolute atomic E-state index is 10.7. The van der Waals surface area contributed by atoms with Gasteiger partial charge in [-0.2, -0.15) is 0 Å². The van der Waals surface area contributed by atoms with Crippen LogP contribution in [-0.2, 0) is 0 Å². The first kappa shape index (κ1) is 18.1. The van der Waals surface area contributed by atoms with Crippen LogP contribution >= 0.6 is 11.6 Å². The normalized spacial score (nSPS) is 15.7. The highest BCUT2D eigenvalue weighted by molar-refractivity contribution is 6.33. The number of fused-ring (bicyclic) bond motifs is 1. The highest BCUT2D eigenvalue weighted by Gasteiger charge is 2.29. The SMILES string of the molecule is CC1=CC(C)(C)N(C)c2cc(Cl)c(C=Nc3ccc([N+](=O)[O-])cc3)cc21. The van der Waals surface area contributed by atoms with E-state index in [-0.39, 0.29) is 11.2 Å². The van der Waals surface area contributed by atoms with Crippen molar-refractivity contribution < 1.29 is 4.92 Å². The molecule has 0 saturated carbocycles. The Morgan fingerprint density at radius 2 is 1.88 bits per heavy atom. The van der Waals surface area contributed by atoms with E-state index in [9.17, 15) is 10.1 Å². The number of benzene rings is 2. The van der Waals surface area contributed by atoms with Crippen molar-refractivity contribution in [3.05, 3.63) is 68.7 Å².